The summed E-state index contributed by atoms with van der Waals surface area (Å²) in [7, 11) is 0. The lowest BCUT2D eigenvalue weighted by Crippen LogP contribution is -2.50. The fraction of sp³-hybridized carbons (Fsp3) is 0.750. The van der Waals surface area contributed by atoms with Gasteiger partial charge in [-0.25, -0.2) is 0 Å². The molecule has 6 nitrogen and oxygen atoms in total. The number of hydrogen-bond acceptors (Lipinski definition) is 3. The van der Waals surface area contributed by atoms with Crippen molar-refractivity contribution < 1.29 is 19.5 Å². The van der Waals surface area contributed by atoms with Crippen LogP contribution in [0.4, 0.5) is 0 Å². The van der Waals surface area contributed by atoms with Crippen LogP contribution < -0.4 is 5.32 Å². The van der Waals surface area contributed by atoms with Crippen LogP contribution in [0.15, 0.2) is 0 Å². The molecule has 2 amide bonds. The van der Waals surface area contributed by atoms with Gasteiger partial charge in [-0.2, -0.15) is 0 Å². The van der Waals surface area contributed by atoms with Crippen molar-refractivity contribution in [2.75, 3.05) is 6.54 Å². The average Bonchev–Trinajstić information content (AvgIpc) is 3.04. The maximum Gasteiger partial charge on any atom is 0.325 e. The summed E-state index contributed by atoms with van der Waals surface area (Å²) in [6.07, 6.45) is 3.25. The summed E-state index contributed by atoms with van der Waals surface area (Å²) < 4.78 is 0. The predicted octanol–water partition coefficient (Wildman–Crippen LogP) is -0.0233. The summed E-state index contributed by atoms with van der Waals surface area (Å²) in [5.41, 5.74) is 0. The molecule has 1 aliphatic carbocycles. The standard InChI is InChI=1S/C12H18N2O4/c1-7(12(17)18)13-10(15)9-3-2-6-14(9)11(16)8-4-5-8/h7-9H,2-6H2,1H3,(H,13,15)(H,17,18). The van der Waals surface area contributed by atoms with E-state index in [0.717, 1.165) is 19.3 Å². The van der Waals surface area contributed by atoms with E-state index in [1.165, 1.54) is 6.92 Å². The van der Waals surface area contributed by atoms with Gasteiger partial charge in [0.1, 0.15) is 12.1 Å². The third-order valence-corrected chi connectivity index (χ3v) is 3.49. The number of rotatable bonds is 4. The van der Waals surface area contributed by atoms with E-state index in [2.05, 4.69) is 5.32 Å². The highest BCUT2D eigenvalue weighted by Gasteiger charge is 2.41. The lowest BCUT2D eigenvalue weighted by molar-refractivity contribution is -0.143. The van der Waals surface area contributed by atoms with Crippen LogP contribution in [0.1, 0.15) is 32.6 Å². The van der Waals surface area contributed by atoms with E-state index in [4.69, 9.17) is 5.11 Å². The summed E-state index contributed by atoms with van der Waals surface area (Å²) in [4.78, 5) is 36.2. The van der Waals surface area contributed by atoms with Crippen molar-refractivity contribution in [3.05, 3.63) is 0 Å². The highest BCUT2D eigenvalue weighted by molar-refractivity contribution is 5.91. The number of carbonyl (C=O) groups excluding carboxylic acids is 2. The van der Waals surface area contributed by atoms with Crippen molar-refractivity contribution >= 4 is 17.8 Å². The molecule has 2 aliphatic rings. The number of hydrogen-bond donors (Lipinski definition) is 2. The van der Waals surface area contributed by atoms with Gasteiger partial charge >= 0.3 is 5.97 Å². The first-order valence-corrected chi connectivity index (χ1v) is 6.34. The number of carboxylic acid groups (broad SMARTS) is 1. The van der Waals surface area contributed by atoms with E-state index in [9.17, 15) is 14.4 Å². The topological polar surface area (TPSA) is 86.7 Å². The third kappa shape index (κ3) is 2.63. The summed E-state index contributed by atoms with van der Waals surface area (Å²) >= 11 is 0. The van der Waals surface area contributed by atoms with Crippen molar-refractivity contribution in [3.8, 4) is 0 Å². The number of carbonyl (C=O) groups is 3. The fourth-order valence-electron chi connectivity index (χ4n) is 2.24. The summed E-state index contributed by atoms with van der Waals surface area (Å²) in [5.74, 6) is -1.27. The second kappa shape index (κ2) is 4.96. The van der Waals surface area contributed by atoms with E-state index in [1.807, 2.05) is 0 Å². The zero-order chi connectivity index (χ0) is 13.3. The second-order valence-corrected chi connectivity index (χ2v) is 5.03. The molecule has 2 fully saturated rings. The first-order chi connectivity index (χ1) is 8.50. The number of likely N-dealkylation sites (tertiary alicyclic amines) is 1. The van der Waals surface area contributed by atoms with Crippen LogP contribution in [0.25, 0.3) is 0 Å². The Morgan fingerprint density at radius 2 is 1.94 bits per heavy atom. The highest BCUT2D eigenvalue weighted by Crippen LogP contribution is 2.33. The minimum Gasteiger partial charge on any atom is -0.480 e. The molecule has 100 valence electrons. The molecule has 1 saturated carbocycles. The van der Waals surface area contributed by atoms with Gasteiger partial charge < -0.3 is 15.3 Å². The van der Waals surface area contributed by atoms with Gasteiger partial charge in [0.15, 0.2) is 0 Å². The molecular formula is C12H18N2O4. The van der Waals surface area contributed by atoms with Gasteiger partial charge in [-0.3, -0.25) is 14.4 Å². The smallest absolute Gasteiger partial charge is 0.325 e. The quantitative estimate of drug-likeness (QED) is 0.738. The van der Waals surface area contributed by atoms with Crippen LogP contribution in [-0.4, -0.2) is 46.4 Å². The van der Waals surface area contributed by atoms with Gasteiger partial charge in [-0.15, -0.1) is 0 Å². The molecule has 0 radical (unpaired) electrons. The second-order valence-electron chi connectivity index (χ2n) is 5.03. The average molecular weight is 254 g/mol. The maximum absolute atomic E-state index is 12.0. The molecule has 0 spiro atoms. The number of aliphatic carboxylic acids is 1. The summed E-state index contributed by atoms with van der Waals surface area (Å²) in [5, 5.41) is 11.2. The van der Waals surface area contributed by atoms with Crippen molar-refractivity contribution in [3.63, 3.8) is 0 Å². The molecule has 2 rings (SSSR count). The predicted molar refractivity (Wildman–Crippen MR) is 62.7 cm³/mol. The molecule has 18 heavy (non-hydrogen) atoms. The van der Waals surface area contributed by atoms with Crippen molar-refractivity contribution in [1.82, 2.24) is 10.2 Å². The van der Waals surface area contributed by atoms with Crippen LogP contribution >= 0.6 is 0 Å². The van der Waals surface area contributed by atoms with Crippen molar-refractivity contribution in [2.24, 2.45) is 5.92 Å². The van der Waals surface area contributed by atoms with Crippen LogP contribution in [0.5, 0.6) is 0 Å². The normalized spacial score (nSPS) is 24.7. The van der Waals surface area contributed by atoms with Gasteiger partial charge in [-0.05, 0) is 32.6 Å². The van der Waals surface area contributed by atoms with Crippen LogP contribution in [-0.2, 0) is 14.4 Å². The minimum atomic E-state index is -1.07. The Kier molecular flexibility index (Phi) is 3.54. The number of amides is 2. The lowest BCUT2D eigenvalue weighted by Gasteiger charge is -2.24. The molecule has 0 aromatic rings. The molecule has 1 saturated heterocycles. The molecule has 0 bridgehead atoms. The van der Waals surface area contributed by atoms with Crippen LogP contribution in [0, 0.1) is 5.92 Å². The monoisotopic (exact) mass is 254 g/mol. The van der Waals surface area contributed by atoms with Gasteiger partial charge in [0.2, 0.25) is 11.8 Å². The number of carboxylic acids is 1. The molecule has 2 atom stereocenters. The first kappa shape index (κ1) is 12.9. The molecule has 1 heterocycles. The zero-order valence-electron chi connectivity index (χ0n) is 10.4. The Morgan fingerprint density at radius 3 is 2.50 bits per heavy atom. The van der Waals surface area contributed by atoms with E-state index < -0.39 is 18.1 Å². The van der Waals surface area contributed by atoms with Crippen molar-refractivity contribution in [1.29, 1.82) is 0 Å². The van der Waals surface area contributed by atoms with E-state index in [0.29, 0.717) is 13.0 Å². The molecular weight excluding hydrogens is 236 g/mol. The SMILES string of the molecule is CC(NC(=O)C1CCCN1C(=O)C1CC1)C(=O)O. The molecule has 6 heteroatoms. The Morgan fingerprint density at radius 1 is 1.28 bits per heavy atom. The van der Waals surface area contributed by atoms with Gasteiger partial charge in [0.05, 0.1) is 0 Å². The highest BCUT2D eigenvalue weighted by atomic mass is 16.4. The van der Waals surface area contributed by atoms with Crippen LogP contribution in [0.2, 0.25) is 0 Å². The van der Waals surface area contributed by atoms with Crippen LogP contribution in [0.3, 0.4) is 0 Å². The Labute approximate surface area is 105 Å². The van der Waals surface area contributed by atoms with Gasteiger partial charge in [-0.1, -0.05) is 0 Å². The maximum atomic E-state index is 12.0. The fourth-order valence-corrected chi connectivity index (χ4v) is 2.24. The molecule has 2 unspecified atom stereocenters. The molecule has 0 aromatic carbocycles. The molecule has 2 N–H and O–H groups in total. The zero-order valence-corrected chi connectivity index (χ0v) is 10.4. The minimum absolute atomic E-state index is 0.0515. The van der Waals surface area contributed by atoms with Gasteiger partial charge in [0, 0.05) is 12.5 Å². The summed E-state index contributed by atoms with van der Waals surface area (Å²) in [6, 6.07) is -1.41. The molecule has 0 aromatic heterocycles. The number of nitrogens with zero attached hydrogens (tertiary/aromatic N) is 1. The third-order valence-electron chi connectivity index (χ3n) is 3.49. The summed E-state index contributed by atoms with van der Waals surface area (Å²) in [6.45, 7) is 2.02. The largest absolute Gasteiger partial charge is 0.480 e. The number of nitrogens with one attached hydrogen (secondary N) is 1. The Balaban J connectivity index is 1.95. The van der Waals surface area contributed by atoms with E-state index in [-0.39, 0.29) is 17.7 Å². The van der Waals surface area contributed by atoms with Crippen molar-refractivity contribution in [2.45, 2.75) is 44.7 Å². The Bertz CT molecular complexity index is 378. The molecule has 1 aliphatic heterocycles. The lowest BCUT2D eigenvalue weighted by atomic mass is 10.2. The van der Waals surface area contributed by atoms with Gasteiger partial charge in [0.25, 0.3) is 0 Å². The Hall–Kier alpha value is -1.59. The van der Waals surface area contributed by atoms with E-state index in [1.54, 1.807) is 4.90 Å². The van der Waals surface area contributed by atoms with E-state index >= 15 is 0 Å². The first-order valence-electron chi connectivity index (χ1n) is 6.34.